The summed E-state index contributed by atoms with van der Waals surface area (Å²) in [6, 6.07) is 6.96. The number of ketones is 1. The normalized spacial score (nSPS) is 13.8. The van der Waals surface area contributed by atoms with Gasteiger partial charge in [-0.25, -0.2) is 9.59 Å². The number of carbonyl (C=O) groups is 3. The van der Waals surface area contributed by atoms with Crippen molar-refractivity contribution < 1.29 is 24.2 Å². The van der Waals surface area contributed by atoms with E-state index in [1.54, 1.807) is 45.0 Å². The van der Waals surface area contributed by atoms with Crippen molar-refractivity contribution in [2.24, 2.45) is 5.73 Å². The smallest absolute Gasteiger partial charge is 0.338 e. The van der Waals surface area contributed by atoms with Crippen molar-refractivity contribution in [1.29, 1.82) is 0 Å². The zero-order chi connectivity index (χ0) is 19.3. The molecule has 0 bridgehead atoms. The molecule has 7 heteroatoms. The van der Waals surface area contributed by atoms with Crippen LogP contribution in [0.25, 0.3) is 0 Å². The quantitative estimate of drug-likeness (QED) is 0.413. The van der Waals surface area contributed by atoms with Crippen LogP contribution in [0.4, 0.5) is 0 Å². The second kappa shape index (κ2) is 8.49. The highest BCUT2D eigenvalue weighted by atomic mass is 32.2. The Morgan fingerprint density at radius 3 is 2.16 bits per heavy atom. The molecular formula is C18H25NO5S. The van der Waals surface area contributed by atoms with Gasteiger partial charge in [0, 0.05) is 17.7 Å². The molecule has 1 rings (SSSR count). The molecule has 0 aliphatic heterocycles. The summed E-state index contributed by atoms with van der Waals surface area (Å²) in [5.41, 5.74) is 3.47. The van der Waals surface area contributed by atoms with Crippen molar-refractivity contribution in [3.63, 3.8) is 0 Å². The number of Topliss-reactive ketones (excluding diaryl/α,β-unsaturated/α-hetero) is 1. The summed E-state index contributed by atoms with van der Waals surface area (Å²) >= 11 is 1.41. The average molecular weight is 367 g/mol. The lowest BCUT2D eigenvalue weighted by atomic mass is 9.91. The number of rotatable bonds is 8. The van der Waals surface area contributed by atoms with E-state index in [0.717, 1.165) is 4.90 Å². The highest BCUT2D eigenvalue weighted by Crippen LogP contribution is 2.22. The van der Waals surface area contributed by atoms with Crippen molar-refractivity contribution >= 4 is 29.5 Å². The van der Waals surface area contributed by atoms with E-state index in [-0.39, 0.29) is 12.2 Å². The van der Waals surface area contributed by atoms with Gasteiger partial charge in [0.2, 0.25) is 5.54 Å². The van der Waals surface area contributed by atoms with Gasteiger partial charge in [0.15, 0.2) is 0 Å². The van der Waals surface area contributed by atoms with E-state index in [9.17, 15) is 19.5 Å². The first kappa shape index (κ1) is 21.2. The third-order valence-corrected chi connectivity index (χ3v) is 4.42. The van der Waals surface area contributed by atoms with Crippen LogP contribution in [0, 0.1) is 0 Å². The van der Waals surface area contributed by atoms with Gasteiger partial charge in [-0.05, 0) is 38.5 Å². The Morgan fingerprint density at radius 1 is 1.16 bits per heavy atom. The van der Waals surface area contributed by atoms with Crippen LogP contribution in [0.15, 0.2) is 29.2 Å². The lowest BCUT2D eigenvalue weighted by Crippen LogP contribution is -2.58. The maximum absolute atomic E-state index is 12.2. The maximum atomic E-state index is 12.2. The molecule has 138 valence electrons. The molecule has 0 aliphatic rings. The predicted octanol–water partition coefficient (Wildman–Crippen LogP) is 2.42. The standard InChI is InChI=1S/C18H25NO5S/c1-5-13(20)11-25-14-8-6-12(7-9-14)10-18(19,15(21)22)16(23)24-17(2,3)4/h6-9H,5,10-11,19H2,1-4H3,(H,21,22). The molecule has 0 radical (unpaired) electrons. The minimum atomic E-state index is -2.15. The van der Waals surface area contributed by atoms with Crippen LogP contribution in [-0.2, 0) is 25.5 Å². The van der Waals surface area contributed by atoms with Crippen molar-refractivity contribution in [2.75, 3.05) is 5.75 Å². The number of carboxylic acids is 1. The Bertz CT molecular complexity index is 636. The highest BCUT2D eigenvalue weighted by molar-refractivity contribution is 8.00. The van der Waals surface area contributed by atoms with Gasteiger partial charge in [-0.1, -0.05) is 19.1 Å². The summed E-state index contributed by atoms with van der Waals surface area (Å²) in [6.07, 6.45) is 0.311. The lowest BCUT2D eigenvalue weighted by molar-refractivity contribution is -0.169. The van der Waals surface area contributed by atoms with Crippen LogP contribution in [0.1, 0.15) is 39.7 Å². The fourth-order valence-electron chi connectivity index (χ4n) is 1.90. The first-order valence-electron chi connectivity index (χ1n) is 7.97. The molecule has 1 aromatic carbocycles. The van der Waals surface area contributed by atoms with E-state index < -0.39 is 23.1 Å². The van der Waals surface area contributed by atoms with Crippen LogP contribution < -0.4 is 5.73 Å². The summed E-state index contributed by atoms with van der Waals surface area (Å²) in [5, 5.41) is 9.42. The number of carbonyl (C=O) groups excluding carboxylic acids is 2. The molecule has 0 fully saturated rings. The Kier molecular flexibility index (Phi) is 7.19. The first-order valence-corrected chi connectivity index (χ1v) is 8.95. The van der Waals surface area contributed by atoms with Gasteiger partial charge in [0.05, 0.1) is 5.75 Å². The van der Waals surface area contributed by atoms with E-state index in [2.05, 4.69) is 0 Å². The van der Waals surface area contributed by atoms with Crippen LogP contribution >= 0.6 is 11.8 Å². The van der Waals surface area contributed by atoms with Crippen LogP contribution in [0.2, 0.25) is 0 Å². The molecule has 0 saturated carbocycles. The summed E-state index contributed by atoms with van der Waals surface area (Å²) in [5.74, 6) is -1.86. The van der Waals surface area contributed by atoms with Gasteiger partial charge in [-0.3, -0.25) is 4.79 Å². The zero-order valence-corrected chi connectivity index (χ0v) is 15.8. The van der Waals surface area contributed by atoms with Crippen LogP contribution in [-0.4, -0.2) is 39.7 Å². The Labute approximate surface area is 152 Å². The maximum Gasteiger partial charge on any atom is 0.338 e. The molecule has 1 atom stereocenters. The lowest BCUT2D eigenvalue weighted by Gasteiger charge is -2.28. The largest absolute Gasteiger partial charge is 0.479 e. The number of hydrogen-bond acceptors (Lipinski definition) is 6. The first-order chi connectivity index (χ1) is 11.5. The molecular weight excluding hydrogens is 342 g/mol. The third kappa shape index (κ3) is 6.51. The molecule has 0 heterocycles. The molecule has 0 amide bonds. The molecule has 0 spiro atoms. The number of esters is 1. The van der Waals surface area contributed by atoms with Gasteiger partial charge in [-0.15, -0.1) is 11.8 Å². The minimum absolute atomic E-state index is 0.158. The second-order valence-corrected chi connectivity index (χ2v) is 7.83. The average Bonchev–Trinajstić information content (AvgIpc) is 2.51. The SMILES string of the molecule is CCC(=O)CSc1ccc(CC(N)(C(=O)O)C(=O)OC(C)(C)C)cc1. The van der Waals surface area contributed by atoms with Gasteiger partial charge in [0.25, 0.3) is 0 Å². The molecule has 25 heavy (non-hydrogen) atoms. The van der Waals surface area contributed by atoms with E-state index in [1.165, 1.54) is 11.8 Å². The summed E-state index contributed by atoms with van der Waals surface area (Å²) < 4.78 is 5.15. The van der Waals surface area contributed by atoms with Crippen molar-refractivity contribution in [3.05, 3.63) is 29.8 Å². The summed E-state index contributed by atoms with van der Waals surface area (Å²) in [7, 11) is 0. The number of benzene rings is 1. The zero-order valence-electron chi connectivity index (χ0n) is 15.0. The molecule has 6 nitrogen and oxygen atoms in total. The Morgan fingerprint density at radius 2 is 1.72 bits per heavy atom. The minimum Gasteiger partial charge on any atom is -0.479 e. The van der Waals surface area contributed by atoms with E-state index >= 15 is 0 Å². The van der Waals surface area contributed by atoms with Gasteiger partial charge < -0.3 is 15.6 Å². The predicted molar refractivity (Wildman–Crippen MR) is 96.6 cm³/mol. The topological polar surface area (TPSA) is 107 Å². The van der Waals surface area contributed by atoms with Gasteiger partial charge in [-0.2, -0.15) is 0 Å². The molecule has 1 unspecified atom stereocenters. The second-order valence-electron chi connectivity index (χ2n) is 6.78. The number of hydrogen-bond donors (Lipinski definition) is 2. The van der Waals surface area contributed by atoms with Crippen molar-refractivity contribution in [3.8, 4) is 0 Å². The Balaban J connectivity index is 2.87. The van der Waals surface area contributed by atoms with E-state index in [4.69, 9.17) is 10.5 Å². The van der Waals surface area contributed by atoms with Gasteiger partial charge >= 0.3 is 11.9 Å². The van der Waals surface area contributed by atoms with Crippen LogP contribution in [0.3, 0.4) is 0 Å². The summed E-state index contributed by atoms with van der Waals surface area (Å²) in [6.45, 7) is 6.76. The highest BCUT2D eigenvalue weighted by Gasteiger charge is 2.45. The van der Waals surface area contributed by atoms with Crippen molar-refractivity contribution in [2.45, 2.75) is 56.6 Å². The van der Waals surface area contributed by atoms with Crippen molar-refractivity contribution in [1.82, 2.24) is 0 Å². The molecule has 1 aromatic rings. The number of nitrogens with two attached hydrogens (primary N) is 1. The molecule has 3 N–H and O–H groups in total. The number of aliphatic carboxylic acids is 1. The molecule has 0 aromatic heterocycles. The van der Waals surface area contributed by atoms with Gasteiger partial charge in [0.1, 0.15) is 11.4 Å². The fraction of sp³-hybridized carbons (Fsp3) is 0.500. The molecule has 0 saturated heterocycles. The number of carboxylic acid groups (broad SMARTS) is 1. The monoisotopic (exact) mass is 367 g/mol. The summed E-state index contributed by atoms with van der Waals surface area (Å²) in [4.78, 5) is 36.0. The number of thioether (sulfide) groups is 1. The Hall–Kier alpha value is -1.86. The number of ether oxygens (including phenoxy) is 1. The molecule has 0 aliphatic carbocycles. The fourth-order valence-corrected chi connectivity index (χ4v) is 2.76. The van der Waals surface area contributed by atoms with Crippen LogP contribution in [0.5, 0.6) is 0 Å². The van der Waals surface area contributed by atoms with E-state index in [1.807, 2.05) is 6.92 Å². The third-order valence-electron chi connectivity index (χ3n) is 3.35. The van der Waals surface area contributed by atoms with E-state index in [0.29, 0.717) is 17.7 Å².